The third-order valence-corrected chi connectivity index (χ3v) is 3.36. The van der Waals surface area contributed by atoms with Crippen molar-refractivity contribution in [2.24, 2.45) is 0 Å². The molecule has 0 saturated carbocycles. The van der Waals surface area contributed by atoms with Gasteiger partial charge in [-0.1, -0.05) is 72.8 Å². The Morgan fingerprint density at radius 2 is 1.70 bits per heavy atom. The van der Waals surface area contributed by atoms with E-state index in [1.165, 1.54) is 6.08 Å². The second-order valence-corrected chi connectivity index (χ2v) is 5.07. The Balaban J connectivity index is 2.02. The molecule has 2 aromatic rings. The molecule has 0 aromatic heterocycles. The molecule has 1 amide bonds. The summed E-state index contributed by atoms with van der Waals surface area (Å²) in [6.07, 6.45) is 5.09. The number of nitrogens with one attached hydrogen (secondary N) is 1. The molecule has 0 radical (unpaired) electrons. The number of carbonyl (C=O) groups excluding carboxylic acids is 1. The molecule has 0 aliphatic heterocycles. The van der Waals surface area contributed by atoms with Gasteiger partial charge in [0.05, 0.1) is 6.04 Å². The van der Waals surface area contributed by atoms with Crippen molar-refractivity contribution < 1.29 is 4.79 Å². The van der Waals surface area contributed by atoms with Crippen molar-refractivity contribution in [3.8, 4) is 6.07 Å². The van der Waals surface area contributed by atoms with Gasteiger partial charge in [0.2, 0.25) is 0 Å². The lowest BCUT2D eigenvalue weighted by Crippen LogP contribution is -2.27. The maximum atomic E-state index is 12.2. The summed E-state index contributed by atoms with van der Waals surface area (Å²) in [5, 5.41) is 12.0. The minimum Gasteiger partial charge on any atom is -0.345 e. The number of rotatable bonds is 5. The van der Waals surface area contributed by atoms with Crippen LogP contribution in [0.5, 0.6) is 0 Å². The molecule has 0 aliphatic rings. The Labute approximate surface area is 136 Å². The number of nitriles is 1. The van der Waals surface area contributed by atoms with E-state index in [1.807, 2.05) is 79.7 Å². The zero-order valence-corrected chi connectivity index (χ0v) is 12.9. The monoisotopic (exact) mass is 302 g/mol. The van der Waals surface area contributed by atoms with Crippen LogP contribution in [0.1, 0.15) is 24.1 Å². The second-order valence-electron chi connectivity index (χ2n) is 5.07. The lowest BCUT2D eigenvalue weighted by Gasteiger charge is -2.13. The van der Waals surface area contributed by atoms with Crippen molar-refractivity contribution in [3.05, 3.63) is 89.5 Å². The minimum atomic E-state index is -0.374. The van der Waals surface area contributed by atoms with Crippen molar-refractivity contribution in [2.45, 2.75) is 13.0 Å². The van der Waals surface area contributed by atoms with Gasteiger partial charge in [-0.2, -0.15) is 5.26 Å². The topological polar surface area (TPSA) is 52.9 Å². The first kappa shape index (κ1) is 16.3. The van der Waals surface area contributed by atoms with E-state index in [-0.39, 0.29) is 17.5 Å². The average molecular weight is 302 g/mol. The molecule has 0 spiro atoms. The third-order valence-electron chi connectivity index (χ3n) is 3.36. The molecular weight excluding hydrogens is 284 g/mol. The van der Waals surface area contributed by atoms with E-state index in [4.69, 9.17) is 5.26 Å². The quantitative estimate of drug-likeness (QED) is 0.515. The maximum absolute atomic E-state index is 12.2. The first-order chi connectivity index (χ1) is 11.2. The lowest BCUT2D eigenvalue weighted by atomic mass is 10.1. The molecule has 0 unspecified atom stereocenters. The van der Waals surface area contributed by atoms with Crippen LogP contribution in [0.25, 0.3) is 6.08 Å². The number of benzene rings is 2. The molecule has 3 heteroatoms. The molecule has 0 aliphatic carbocycles. The average Bonchev–Trinajstić information content (AvgIpc) is 2.60. The molecule has 0 bridgehead atoms. The SMILES string of the molecule is C[C@@H](NC(=O)/C(C#N)=C/C=C/c1ccccc1)c1ccccc1. The first-order valence-electron chi connectivity index (χ1n) is 7.40. The standard InChI is InChI=1S/C20H18N2O/c1-16(18-12-6-3-7-13-18)22-20(23)19(15-21)14-8-11-17-9-4-2-5-10-17/h2-14,16H,1H3,(H,22,23)/b11-8+,19-14+/t16-/m1/s1. The van der Waals surface area contributed by atoms with Crippen molar-refractivity contribution in [1.82, 2.24) is 5.32 Å². The predicted octanol–water partition coefficient (Wildman–Crippen LogP) is 4.03. The van der Waals surface area contributed by atoms with Crippen LogP contribution in [0.15, 0.2) is 78.4 Å². The van der Waals surface area contributed by atoms with Crippen molar-refractivity contribution in [3.63, 3.8) is 0 Å². The van der Waals surface area contributed by atoms with E-state index in [1.54, 1.807) is 6.08 Å². The summed E-state index contributed by atoms with van der Waals surface area (Å²) in [5.74, 6) is -0.374. The molecule has 0 heterocycles. The molecule has 2 aromatic carbocycles. The largest absolute Gasteiger partial charge is 0.345 e. The molecular formula is C20H18N2O. The van der Waals surface area contributed by atoms with Gasteiger partial charge in [0.25, 0.3) is 5.91 Å². The van der Waals surface area contributed by atoms with Crippen LogP contribution in [-0.4, -0.2) is 5.91 Å². The van der Waals surface area contributed by atoms with Gasteiger partial charge in [0, 0.05) is 0 Å². The highest BCUT2D eigenvalue weighted by molar-refractivity contribution is 5.97. The van der Waals surface area contributed by atoms with E-state index in [9.17, 15) is 4.79 Å². The van der Waals surface area contributed by atoms with Gasteiger partial charge in [-0.15, -0.1) is 0 Å². The predicted molar refractivity (Wildman–Crippen MR) is 92.2 cm³/mol. The number of hydrogen-bond acceptors (Lipinski definition) is 2. The molecule has 2 rings (SSSR count). The van der Waals surface area contributed by atoms with Gasteiger partial charge in [0.15, 0.2) is 0 Å². The van der Waals surface area contributed by atoms with Crippen LogP contribution in [-0.2, 0) is 4.79 Å². The van der Waals surface area contributed by atoms with Crippen LogP contribution >= 0.6 is 0 Å². The molecule has 0 fully saturated rings. The fraction of sp³-hybridized carbons (Fsp3) is 0.100. The number of hydrogen-bond donors (Lipinski definition) is 1. The highest BCUT2D eigenvalue weighted by Gasteiger charge is 2.12. The highest BCUT2D eigenvalue weighted by Crippen LogP contribution is 2.12. The molecule has 1 N–H and O–H groups in total. The van der Waals surface area contributed by atoms with Crippen LogP contribution in [0.2, 0.25) is 0 Å². The van der Waals surface area contributed by atoms with Gasteiger partial charge in [-0.3, -0.25) is 4.79 Å². The number of amides is 1. The summed E-state index contributed by atoms with van der Waals surface area (Å²) < 4.78 is 0. The summed E-state index contributed by atoms with van der Waals surface area (Å²) in [4.78, 5) is 12.2. The van der Waals surface area contributed by atoms with E-state index in [0.717, 1.165) is 11.1 Å². The van der Waals surface area contributed by atoms with Crippen molar-refractivity contribution >= 4 is 12.0 Å². The van der Waals surface area contributed by atoms with Gasteiger partial charge >= 0.3 is 0 Å². The Morgan fingerprint density at radius 3 is 2.30 bits per heavy atom. The zero-order valence-electron chi connectivity index (χ0n) is 12.9. The Hall–Kier alpha value is -3.12. The fourth-order valence-corrected chi connectivity index (χ4v) is 2.08. The van der Waals surface area contributed by atoms with Crippen LogP contribution in [0.3, 0.4) is 0 Å². The number of nitrogens with zero attached hydrogens (tertiary/aromatic N) is 1. The van der Waals surface area contributed by atoms with Gasteiger partial charge < -0.3 is 5.32 Å². The third kappa shape index (κ3) is 4.98. The van der Waals surface area contributed by atoms with Crippen LogP contribution in [0, 0.1) is 11.3 Å². The zero-order chi connectivity index (χ0) is 16.5. The molecule has 3 nitrogen and oxygen atoms in total. The van der Waals surface area contributed by atoms with Crippen molar-refractivity contribution in [2.75, 3.05) is 0 Å². The molecule has 114 valence electrons. The summed E-state index contributed by atoms with van der Waals surface area (Å²) in [6, 6.07) is 21.1. The van der Waals surface area contributed by atoms with Gasteiger partial charge in [-0.05, 0) is 24.1 Å². The summed E-state index contributed by atoms with van der Waals surface area (Å²) in [6.45, 7) is 1.89. The van der Waals surface area contributed by atoms with E-state index in [0.29, 0.717) is 0 Å². The normalized spacial score (nSPS) is 12.6. The first-order valence-corrected chi connectivity index (χ1v) is 7.40. The van der Waals surface area contributed by atoms with E-state index >= 15 is 0 Å². The van der Waals surface area contributed by atoms with Crippen LogP contribution in [0.4, 0.5) is 0 Å². The Morgan fingerprint density at radius 1 is 1.09 bits per heavy atom. The van der Waals surface area contributed by atoms with Crippen molar-refractivity contribution in [1.29, 1.82) is 5.26 Å². The minimum absolute atomic E-state index is 0.0833. The summed E-state index contributed by atoms with van der Waals surface area (Å²) in [7, 11) is 0. The van der Waals surface area contributed by atoms with Gasteiger partial charge in [0.1, 0.15) is 11.6 Å². The second kappa shape index (κ2) is 8.35. The summed E-state index contributed by atoms with van der Waals surface area (Å²) >= 11 is 0. The highest BCUT2D eigenvalue weighted by atomic mass is 16.1. The summed E-state index contributed by atoms with van der Waals surface area (Å²) in [5.41, 5.74) is 2.09. The number of carbonyl (C=O) groups is 1. The Kier molecular flexibility index (Phi) is 5.90. The smallest absolute Gasteiger partial charge is 0.262 e. The number of allylic oxidation sites excluding steroid dienone is 2. The van der Waals surface area contributed by atoms with E-state index in [2.05, 4.69) is 5.32 Å². The maximum Gasteiger partial charge on any atom is 0.262 e. The van der Waals surface area contributed by atoms with Crippen LogP contribution < -0.4 is 5.32 Å². The molecule has 0 saturated heterocycles. The Bertz CT molecular complexity index is 740. The molecule has 1 atom stereocenters. The fourth-order valence-electron chi connectivity index (χ4n) is 2.08. The molecule has 23 heavy (non-hydrogen) atoms. The lowest BCUT2D eigenvalue weighted by molar-refractivity contribution is -0.117. The van der Waals surface area contributed by atoms with E-state index < -0.39 is 0 Å². The van der Waals surface area contributed by atoms with Gasteiger partial charge in [-0.25, -0.2) is 0 Å².